The third kappa shape index (κ3) is 4.68. The molecule has 0 radical (unpaired) electrons. The van der Waals surface area contributed by atoms with Gasteiger partial charge in [-0.3, -0.25) is 0 Å². The number of fused-ring (bicyclic) bond motifs is 9. The number of benzene rings is 9. The first kappa shape index (κ1) is 29.6. The van der Waals surface area contributed by atoms with Crippen molar-refractivity contribution in [3.8, 4) is 22.3 Å². The van der Waals surface area contributed by atoms with Crippen molar-refractivity contribution in [2.75, 3.05) is 4.90 Å². The zero-order valence-corrected chi connectivity index (χ0v) is 28.7. The van der Waals surface area contributed by atoms with Gasteiger partial charge in [0.1, 0.15) is 22.3 Å². The lowest BCUT2D eigenvalue weighted by molar-refractivity contribution is 0.669. The number of para-hydroxylation sites is 2. The third-order valence-corrected chi connectivity index (χ3v) is 10.6. The van der Waals surface area contributed by atoms with Gasteiger partial charge in [-0.2, -0.15) is 0 Å². The molecule has 0 aliphatic heterocycles. The predicted octanol–water partition coefficient (Wildman–Crippen LogP) is 14.6. The summed E-state index contributed by atoms with van der Waals surface area (Å²) < 4.78 is 13.3. The van der Waals surface area contributed by atoms with Gasteiger partial charge < -0.3 is 13.7 Å². The van der Waals surface area contributed by atoms with Crippen LogP contribution in [0.15, 0.2) is 197 Å². The molecule has 11 rings (SSSR count). The molecule has 0 bridgehead atoms. The fourth-order valence-electron chi connectivity index (χ4n) is 8.18. The molecule has 0 atom stereocenters. The molecule has 0 saturated heterocycles. The first-order valence-corrected chi connectivity index (χ1v) is 18.0. The van der Waals surface area contributed by atoms with Crippen molar-refractivity contribution in [3.05, 3.63) is 188 Å². The van der Waals surface area contributed by atoms with Crippen molar-refractivity contribution in [1.82, 2.24) is 0 Å². The van der Waals surface area contributed by atoms with Crippen LogP contribution in [0.1, 0.15) is 0 Å². The van der Waals surface area contributed by atoms with E-state index in [-0.39, 0.29) is 0 Å². The van der Waals surface area contributed by atoms with Crippen LogP contribution in [0.3, 0.4) is 0 Å². The van der Waals surface area contributed by atoms with Gasteiger partial charge in [0.15, 0.2) is 0 Å². The highest BCUT2D eigenvalue weighted by atomic mass is 16.3. The smallest absolute Gasteiger partial charge is 0.143 e. The number of rotatable bonds is 5. The minimum Gasteiger partial charge on any atom is -0.456 e. The number of nitrogens with zero attached hydrogens (tertiary/aromatic N) is 1. The van der Waals surface area contributed by atoms with Crippen LogP contribution in [0.5, 0.6) is 0 Å². The van der Waals surface area contributed by atoms with E-state index < -0.39 is 0 Å². The number of anilines is 3. The van der Waals surface area contributed by atoms with Crippen LogP contribution < -0.4 is 4.90 Å². The van der Waals surface area contributed by atoms with Crippen molar-refractivity contribution in [1.29, 1.82) is 0 Å². The van der Waals surface area contributed by atoms with Crippen LogP contribution in [-0.4, -0.2) is 0 Å². The summed E-state index contributed by atoms with van der Waals surface area (Å²) in [4.78, 5) is 2.33. The fraction of sp³-hybridized carbons (Fsp3) is 0. The summed E-state index contributed by atoms with van der Waals surface area (Å²) in [5, 5.41) is 9.10. The SMILES string of the molecule is c1ccc(-c2cc3c4cccc(-c5ccc(N(c6ccccc6)c6cccc7oc8cc9ccccc9cc8c67)cc5)c4oc3c3ccccc23)cc1. The summed E-state index contributed by atoms with van der Waals surface area (Å²) >= 11 is 0. The minimum absolute atomic E-state index is 0.866. The predicted molar refractivity (Wildman–Crippen MR) is 222 cm³/mol. The minimum atomic E-state index is 0.866. The van der Waals surface area contributed by atoms with Crippen LogP contribution in [0.2, 0.25) is 0 Å². The molecule has 2 aromatic heterocycles. The Bertz CT molecular complexity index is 3160. The van der Waals surface area contributed by atoms with Crippen molar-refractivity contribution in [3.63, 3.8) is 0 Å². The van der Waals surface area contributed by atoms with Gasteiger partial charge in [0.2, 0.25) is 0 Å². The van der Waals surface area contributed by atoms with E-state index in [1.54, 1.807) is 0 Å². The Morgan fingerprint density at radius 3 is 1.77 bits per heavy atom. The summed E-state index contributed by atoms with van der Waals surface area (Å²) in [5.41, 5.74) is 11.3. The van der Waals surface area contributed by atoms with Gasteiger partial charge in [-0.05, 0) is 87.4 Å². The lowest BCUT2D eigenvalue weighted by Crippen LogP contribution is -2.10. The summed E-state index contributed by atoms with van der Waals surface area (Å²) in [6.45, 7) is 0. The molecule has 9 aromatic carbocycles. The van der Waals surface area contributed by atoms with Crippen molar-refractivity contribution >= 4 is 82.5 Å². The summed E-state index contributed by atoms with van der Waals surface area (Å²) in [7, 11) is 0. The van der Waals surface area contributed by atoms with Gasteiger partial charge in [-0.15, -0.1) is 0 Å². The number of hydrogen-bond acceptors (Lipinski definition) is 3. The zero-order valence-electron chi connectivity index (χ0n) is 28.7. The molecule has 3 heteroatoms. The lowest BCUT2D eigenvalue weighted by atomic mass is 9.95. The second-order valence-corrected chi connectivity index (χ2v) is 13.7. The van der Waals surface area contributed by atoms with E-state index in [9.17, 15) is 0 Å². The maximum atomic E-state index is 6.85. The Hall–Kier alpha value is -7.10. The highest BCUT2D eigenvalue weighted by Crippen LogP contribution is 2.45. The van der Waals surface area contributed by atoms with Crippen LogP contribution in [0.25, 0.3) is 87.7 Å². The van der Waals surface area contributed by atoms with Crippen LogP contribution in [0, 0.1) is 0 Å². The molecule has 0 saturated carbocycles. The first-order valence-electron chi connectivity index (χ1n) is 18.0. The largest absolute Gasteiger partial charge is 0.456 e. The number of hydrogen-bond donors (Lipinski definition) is 0. The molecule has 0 unspecified atom stereocenters. The first-order chi connectivity index (χ1) is 26.3. The van der Waals surface area contributed by atoms with E-state index in [4.69, 9.17) is 8.83 Å². The van der Waals surface area contributed by atoms with E-state index in [2.05, 4.69) is 193 Å². The summed E-state index contributed by atoms with van der Waals surface area (Å²) in [5.74, 6) is 0. The molecule has 2 heterocycles. The van der Waals surface area contributed by atoms with Crippen LogP contribution >= 0.6 is 0 Å². The Morgan fingerprint density at radius 1 is 0.340 bits per heavy atom. The Labute approximate surface area is 305 Å². The molecule has 0 N–H and O–H groups in total. The maximum Gasteiger partial charge on any atom is 0.143 e. The van der Waals surface area contributed by atoms with Gasteiger partial charge in [-0.25, -0.2) is 0 Å². The van der Waals surface area contributed by atoms with E-state index in [1.165, 1.54) is 27.3 Å². The van der Waals surface area contributed by atoms with Gasteiger partial charge in [0.25, 0.3) is 0 Å². The van der Waals surface area contributed by atoms with Gasteiger partial charge in [0.05, 0.1) is 11.1 Å². The van der Waals surface area contributed by atoms with Gasteiger partial charge in [-0.1, -0.05) is 133 Å². The van der Waals surface area contributed by atoms with E-state index in [1.807, 2.05) is 0 Å². The third-order valence-electron chi connectivity index (χ3n) is 10.6. The maximum absolute atomic E-state index is 6.85. The Balaban J connectivity index is 1.07. The average molecular weight is 678 g/mol. The van der Waals surface area contributed by atoms with Crippen molar-refractivity contribution in [2.24, 2.45) is 0 Å². The monoisotopic (exact) mass is 677 g/mol. The Kier molecular flexibility index (Phi) is 6.55. The average Bonchev–Trinajstić information content (AvgIpc) is 3.79. The second kappa shape index (κ2) is 11.7. The van der Waals surface area contributed by atoms with E-state index >= 15 is 0 Å². The van der Waals surface area contributed by atoms with Crippen LogP contribution in [-0.2, 0) is 0 Å². The summed E-state index contributed by atoms with van der Waals surface area (Å²) in [6, 6.07) is 66.6. The lowest BCUT2D eigenvalue weighted by Gasteiger charge is -2.26. The molecular formula is C50H31NO2. The fourth-order valence-corrected chi connectivity index (χ4v) is 8.18. The van der Waals surface area contributed by atoms with E-state index in [0.29, 0.717) is 0 Å². The van der Waals surface area contributed by atoms with Crippen molar-refractivity contribution < 1.29 is 8.83 Å². The molecular weight excluding hydrogens is 647 g/mol. The quantitative estimate of drug-likeness (QED) is 0.182. The van der Waals surface area contributed by atoms with E-state index in [0.717, 1.165) is 77.5 Å². The standard InChI is InChI=1S/C50H31NO2/c1-3-13-32(14-4-1)42-31-43-41-22-11-21-38(49(41)53-50(43)40-20-10-9-19-39(40)42)33-25-27-37(28-26-33)51(36-17-5-2-6-18-36)45-23-12-24-46-48(45)44-29-34-15-7-8-16-35(34)30-47(44)52-46/h1-31H. The van der Waals surface area contributed by atoms with Gasteiger partial charge in [0, 0.05) is 38.5 Å². The molecule has 248 valence electrons. The van der Waals surface area contributed by atoms with Gasteiger partial charge >= 0.3 is 0 Å². The molecule has 53 heavy (non-hydrogen) atoms. The second-order valence-electron chi connectivity index (χ2n) is 13.7. The number of furan rings is 2. The zero-order chi connectivity index (χ0) is 34.9. The molecule has 0 amide bonds. The summed E-state index contributed by atoms with van der Waals surface area (Å²) in [6.07, 6.45) is 0. The Morgan fingerprint density at radius 2 is 0.962 bits per heavy atom. The molecule has 3 nitrogen and oxygen atoms in total. The topological polar surface area (TPSA) is 29.5 Å². The van der Waals surface area contributed by atoms with Crippen LogP contribution in [0.4, 0.5) is 17.1 Å². The van der Waals surface area contributed by atoms with Crippen molar-refractivity contribution in [2.45, 2.75) is 0 Å². The highest BCUT2D eigenvalue weighted by Gasteiger charge is 2.21. The molecule has 0 aliphatic rings. The highest BCUT2D eigenvalue weighted by molar-refractivity contribution is 6.21. The molecule has 0 spiro atoms. The normalized spacial score (nSPS) is 11.8. The molecule has 11 aromatic rings. The molecule has 0 fully saturated rings. The molecule has 0 aliphatic carbocycles.